The zero-order valence-electron chi connectivity index (χ0n) is 8.41. The van der Waals surface area contributed by atoms with Gasteiger partial charge in [-0.15, -0.1) is 0 Å². The molecule has 0 aliphatic carbocycles. The lowest BCUT2D eigenvalue weighted by Crippen LogP contribution is -2.00. The number of benzene rings is 1. The van der Waals surface area contributed by atoms with E-state index in [2.05, 4.69) is 36.4 Å². The summed E-state index contributed by atoms with van der Waals surface area (Å²) in [5.41, 5.74) is 2.85. The molecule has 0 atom stereocenters. The summed E-state index contributed by atoms with van der Waals surface area (Å²) in [5.74, 6) is 0. The Labute approximate surface area is 85.4 Å². The number of rotatable bonds is 1. The highest BCUT2D eigenvalue weighted by atomic mass is 16.5. The van der Waals surface area contributed by atoms with Crippen LogP contribution in [-0.4, -0.2) is 13.2 Å². The molecular weight excluding hydrogens is 172 g/mol. The molecular formula is C13H16O. The molecule has 0 radical (unpaired) electrons. The fourth-order valence-electron chi connectivity index (χ4n) is 1.80. The molecule has 1 heterocycles. The Hall–Kier alpha value is -1.08. The molecule has 0 fully saturated rings. The summed E-state index contributed by atoms with van der Waals surface area (Å²) in [6.45, 7) is 1.78. The minimum atomic E-state index is 0.871. The number of hydrogen-bond donors (Lipinski definition) is 0. The van der Waals surface area contributed by atoms with Crippen molar-refractivity contribution in [2.24, 2.45) is 0 Å². The molecule has 0 spiro atoms. The van der Waals surface area contributed by atoms with Crippen molar-refractivity contribution in [3.05, 3.63) is 42.0 Å². The van der Waals surface area contributed by atoms with Gasteiger partial charge in [0.2, 0.25) is 0 Å². The zero-order valence-corrected chi connectivity index (χ0v) is 8.41. The van der Waals surface area contributed by atoms with Crippen LogP contribution in [0.5, 0.6) is 0 Å². The molecule has 14 heavy (non-hydrogen) atoms. The Kier molecular flexibility index (Phi) is 3.36. The van der Waals surface area contributed by atoms with Gasteiger partial charge in [-0.3, -0.25) is 0 Å². The van der Waals surface area contributed by atoms with E-state index in [0.29, 0.717) is 0 Å². The van der Waals surface area contributed by atoms with Crippen LogP contribution in [0.15, 0.2) is 36.4 Å². The van der Waals surface area contributed by atoms with Crippen LogP contribution in [0.2, 0.25) is 0 Å². The maximum Gasteiger partial charge on any atom is 0.0500 e. The summed E-state index contributed by atoms with van der Waals surface area (Å²) in [6, 6.07) is 10.6. The smallest absolute Gasteiger partial charge is 0.0500 e. The van der Waals surface area contributed by atoms with Gasteiger partial charge in [-0.05, 0) is 30.4 Å². The van der Waals surface area contributed by atoms with Crippen molar-refractivity contribution in [2.45, 2.75) is 19.3 Å². The van der Waals surface area contributed by atoms with Gasteiger partial charge in [0.1, 0.15) is 0 Å². The minimum absolute atomic E-state index is 0.871. The largest absolute Gasteiger partial charge is 0.381 e. The van der Waals surface area contributed by atoms with E-state index >= 15 is 0 Å². The van der Waals surface area contributed by atoms with Crippen LogP contribution in [0.25, 0.3) is 5.57 Å². The van der Waals surface area contributed by atoms with Crippen molar-refractivity contribution in [3.8, 4) is 0 Å². The molecule has 0 saturated carbocycles. The van der Waals surface area contributed by atoms with Crippen molar-refractivity contribution < 1.29 is 4.74 Å². The average molecular weight is 188 g/mol. The quantitative estimate of drug-likeness (QED) is 0.657. The van der Waals surface area contributed by atoms with Crippen LogP contribution in [0.4, 0.5) is 0 Å². The molecule has 74 valence electrons. The number of allylic oxidation sites excluding steroid dienone is 1. The van der Waals surface area contributed by atoms with Crippen molar-refractivity contribution in [1.29, 1.82) is 0 Å². The second kappa shape index (κ2) is 4.97. The van der Waals surface area contributed by atoms with Crippen LogP contribution >= 0.6 is 0 Å². The third-order valence-corrected chi connectivity index (χ3v) is 2.53. The third kappa shape index (κ3) is 2.46. The molecule has 1 aromatic rings. The van der Waals surface area contributed by atoms with Crippen LogP contribution in [-0.2, 0) is 4.74 Å². The monoisotopic (exact) mass is 188 g/mol. The van der Waals surface area contributed by atoms with Crippen molar-refractivity contribution in [2.75, 3.05) is 13.2 Å². The molecule has 0 N–H and O–H groups in total. The van der Waals surface area contributed by atoms with Crippen molar-refractivity contribution in [1.82, 2.24) is 0 Å². The highest BCUT2D eigenvalue weighted by Crippen LogP contribution is 2.21. The second-order valence-corrected chi connectivity index (χ2v) is 3.60. The molecule has 1 nitrogen and oxygen atoms in total. The van der Waals surface area contributed by atoms with Gasteiger partial charge in [-0.25, -0.2) is 0 Å². The van der Waals surface area contributed by atoms with Crippen molar-refractivity contribution >= 4 is 5.57 Å². The first-order valence-electron chi connectivity index (χ1n) is 5.29. The molecule has 1 heteroatoms. The van der Waals surface area contributed by atoms with Crippen molar-refractivity contribution in [3.63, 3.8) is 0 Å². The van der Waals surface area contributed by atoms with E-state index in [0.717, 1.165) is 32.5 Å². The van der Waals surface area contributed by atoms with Gasteiger partial charge in [-0.1, -0.05) is 36.4 Å². The van der Waals surface area contributed by atoms with Crippen LogP contribution in [0.3, 0.4) is 0 Å². The molecule has 1 aliphatic heterocycles. The Morgan fingerprint density at radius 1 is 1.00 bits per heavy atom. The number of ether oxygens (including phenoxy) is 1. The first-order valence-corrected chi connectivity index (χ1v) is 5.29. The predicted octanol–water partition coefficient (Wildman–Crippen LogP) is 3.27. The fourth-order valence-corrected chi connectivity index (χ4v) is 1.80. The Morgan fingerprint density at radius 3 is 2.71 bits per heavy atom. The summed E-state index contributed by atoms with van der Waals surface area (Å²) < 4.78 is 5.41. The van der Waals surface area contributed by atoms with E-state index in [1.165, 1.54) is 11.1 Å². The summed E-state index contributed by atoms with van der Waals surface area (Å²) in [7, 11) is 0. The second-order valence-electron chi connectivity index (χ2n) is 3.60. The lowest BCUT2D eigenvalue weighted by atomic mass is 10.00. The average Bonchev–Trinajstić information content (AvgIpc) is 2.18. The van der Waals surface area contributed by atoms with E-state index in [1.54, 1.807) is 0 Å². The van der Waals surface area contributed by atoms with E-state index < -0.39 is 0 Å². The lowest BCUT2D eigenvalue weighted by Gasteiger charge is -2.12. The van der Waals surface area contributed by atoms with E-state index in [9.17, 15) is 0 Å². The van der Waals surface area contributed by atoms with E-state index in [4.69, 9.17) is 4.74 Å². The fraction of sp³-hybridized carbons (Fsp3) is 0.385. The third-order valence-electron chi connectivity index (χ3n) is 2.53. The highest BCUT2D eigenvalue weighted by molar-refractivity contribution is 5.65. The van der Waals surface area contributed by atoms with Gasteiger partial charge < -0.3 is 4.74 Å². The van der Waals surface area contributed by atoms with Crippen LogP contribution < -0.4 is 0 Å². The van der Waals surface area contributed by atoms with Gasteiger partial charge in [0.25, 0.3) is 0 Å². The van der Waals surface area contributed by atoms with Gasteiger partial charge in [0, 0.05) is 6.61 Å². The molecule has 0 aromatic heterocycles. The van der Waals surface area contributed by atoms with E-state index in [1.807, 2.05) is 0 Å². The van der Waals surface area contributed by atoms with E-state index in [-0.39, 0.29) is 0 Å². The topological polar surface area (TPSA) is 9.23 Å². The Morgan fingerprint density at radius 2 is 1.86 bits per heavy atom. The Balaban J connectivity index is 2.15. The molecule has 0 saturated heterocycles. The molecule has 0 unspecified atom stereocenters. The molecule has 2 rings (SSSR count). The summed E-state index contributed by atoms with van der Waals surface area (Å²) >= 11 is 0. The van der Waals surface area contributed by atoms with Crippen LogP contribution in [0, 0.1) is 0 Å². The highest BCUT2D eigenvalue weighted by Gasteiger charge is 2.03. The van der Waals surface area contributed by atoms with Gasteiger partial charge in [0.15, 0.2) is 0 Å². The van der Waals surface area contributed by atoms with Gasteiger partial charge >= 0.3 is 0 Å². The maximum atomic E-state index is 5.41. The molecule has 1 aromatic carbocycles. The Bertz CT molecular complexity index is 300. The van der Waals surface area contributed by atoms with Gasteiger partial charge in [-0.2, -0.15) is 0 Å². The normalized spacial score (nSPS) is 21.9. The number of hydrogen-bond acceptors (Lipinski definition) is 1. The lowest BCUT2D eigenvalue weighted by molar-refractivity contribution is 0.135. The standard InChI is InChI=1S/C13H16O/c1-2-6-12(7-3-1)13-8-4-10-14-11-5-9-13/h1-3,6-8H,4-5,9-11H2/b13-8+. The summed E-state index contributed by atoms with van der Waals surface area (Å²) in [6.07, 6.45) is 5.64. The summed E-state index contributed by atoms with van der Waals surface area (Å²) in [5, 5.41) is 0. The molecule has 1 aliphatic rings. The SMILES string of the molecule is C1=C(/c2ccccc2)CCCOCC/1. The summed E-state index contributed by atoms with van der Waals surface area (Å²) in [4.78, 5) is 0. The molecule has 0 bridgehead atoms. The van der Waals surface area contributed by atoms with Crippen LogP contribution in [0.1, 0.15) is 24.8 Å². The van der Waals surface area contributed by atoms with Gasteiger partial charge in [0.05, 0.1) is 6.61 Å². The molecule has 0 amide bonds. The predicted molar refractivity (Wildman–Crippen MR) is 59.1 cm³/mol. The maximum absolute atomic E-state index is 5.41. The minimum Gasteiger partial charge on any atom is -0.381 e. The first-order chi connectivity index (χ1) is 6.97. The zero-order chi connectivity index (χ0) is 9.64. The first kappa shape index (κ1) is 9.47.